The van der Waals surface area contributed by atoms with Crippen molar-refractivity contribution in [3.8, 4) is 5.75 Å². The minimum atomic E-state index is -2.83. The number of ether oxygens (including phenoxy) is 1. The summed E-state index contributed by atoms with van der Waals surface area (Å²) in [5.74, 6) is 2.21. The second kappa shape index (κ2) is 6.72. The molecule has 1 atom stereocenters. The zero-order valence-corrected chi connectivity index (χ0v) is 13.9. The number of hydrogen-bond acceptors (Lipinski definition) is 5. The van der Waals surface area contributed by atoms with Gasteiger partial charge in [-0.3, -0.25) is 0 Å². The average Bonchev–Trinajstić information content (AvgIpc) is 3.09. The molecule has 0 bridgehead atoms. The fraction of sp³-hybridized carbons (Fsp3) is 0.438. The number of aryl methyl sites for hydroxylation is 1. The molecule has 7 heteroatoms. The summed E-state index contributed by atoms with van der Waals surface area (Å²) in [6.07, 6.45) is 4.33. The molecule has 1 saturated heterocycles. The van der Waals surface area contributed by atoms with Gasteiger partial charge in [0.2, 0.25) is 0 Å². The van der Waals surface area contributed by atoms with Crippen molar-refractivity contribution in [2.75, 3.05) is 11.5 Å². The summed E-state index contributed by atoms with van der Waals surface area (Å²) >= 11 is 0. The van der Waals surface area contributed by atoms with Crippen LogP contribution < -0.4 is 10.1 Å². The van der Waals surface area contributed by atoms with Crippen LogP contribution >= 0.6 is 0 Å². The third-order valence-corrected chi connectivity index (χ3v) is 5.81. The average molecular weight is 335 g/mol. The predicted octanol–water partition coefficient (Wildman–Crippen LogP) is 1.28. The molecule has 1 N–H and O–H groups in total. The van der Waals surface area contributed by atoms with Gasteiger partial charge in [0.15, 0.2) is 9.84 Å². The van der Waals surface area contributed by atoms with E-state index in [1.165, 1.54) is 0 Å². The first kappa shape index (κ1) is 16.0. The summed E-state index contributed by atoms with van der Waals surface area (Å²) in [4.78, 5) is 4.21. The van der Waals surface area contributed by atoms with E-state index in [0.29, 0.717) is 25.3 Å². The molecule has 2 aromatic rings. The lowest BCUT2D eigenvalue weighted by Gasteiger charge is -2.11. The van der Waals surface area contributed by atoms with Crippen LogP contribution in [-0.4, -0.2) is 35.5 Å². The molecular weight excluding hydrogens is 314 g/mol. The Balaban J connectivity index is 1.48. The van der Waals surface area contributed by atoms with E-state index in [2.05, 4.69) is 10.3 Å². The Kier molecular flexibility index (Phi) is 4.68. The zero-order valence-electron chi connectivity index (χ0n) is 13.1. The number of nitrogens with zero attached hydrogens (tertiary/aromatic N) is 2. The molecule has 0 radical (unpaired) electrons. The van der Waals surface area contributed by atoms with Crippen molar-refractivity contribution in [3.63, 3.8) is 0 Å². The second-order valence-corrected chi connectivity index (χ2v) is 8.10. The van der Waals surface area contributed by atoms with Gasteiger partial charge in [-0.25, -0.2) is 13.4 Å². The molecule has 1 aromatic carbocycles. The zero-order chi connectivity index (χ0) is 16.3. The highest BCUT2D eigenvalue weighted by Gasteiger charge is 2.27. The summed E-state index contributed by atoms with van der Waals surface area (Å²) in [6, 6.07) is 7.89. The van der Waals surface area contributed by atoms with Gasteiger partial charge in [-0.15, -0.1) is 0 Å². The lowest BCUT2D eigenvalue weighted by Crippen LogP contribution is -2.29. The van der Waals surface area contributed by atoms with Crippen LogP contribution in [0.25, 0.3) is 0 Å². The van der Waals surface area contributed by atoms with Crippen molar-refractivity contribution in [2.24, 2.45) is 7.05 Å². The molecule has 23 heavy (non-hydrogen) atoms. The standard InChI is InChI=1S/C16H21N3O3S/c1-19-8-7-17-16(19)11-22-15-4-2-13(3-5-15)10-18-14-6-9-23(20,21)12-14/h2-5,7-8,14,18H,6,9-12H2,1H3/t14-/m1/s1. The molecule has 1 fully saturated rings. The van der Waals surface area contributed by atoms with Gasteiger partial charge in [-0.05, 0) is 24.1 Å². The van der Waals surface area contributed by atoms with Crippen LogP contribution in [0.3, 0.4) is 0 Å². The summed E-state index contributed by atoms with van der Waals surface area (Å²) in [6.45, 7) is 1.10. The molecule has 1 aromatic heterocycles. The maximum atomic E-state index is 11.4. The van der Waals surface area contributed by atoms with E-state index in [-0.39, 0.29) is 11.8 Å². The third-order valence-electron chi connectivity index (χ3n) is 4.04. The third kappa shape index (κ3) is 4.33. The smallest absolute Gasteiger partial charge is 0.151 e. The van der Waals surface area contributed by atoms with Gasteiger partial charge in [0.25, 0.3) is 0 Å². The summed E-state index contributed by atoms with van der Waals surface area (Å²) in [7, 11) is -0.895. The van der Waals surface area contributed by atoms with Crippen LogP contribution in [0, 0.1) is 0 Å². The van der Waals surface area contributed by atoms with E-state index in [1.807, 2.05) is 42.1 Å². The van der Waals surface area contributed by atoms with E-state index >= 15 is 0 Å². The Hall–Kier alpha value is -1.86. The molecular formula is C16H21N3O3S. The Labute approximate surface area is 136 Å². The van der Waals surface area contributed by atoms with Crippen molar-refractivity contribution in [1.29, 1.82) is 0 Å². The first-order chi connectivity index (χ1) is 11.0. The Morgan fingerprint density at radius 2 is 2.13 bits per heavy atom. The molecule has 0 amide bonds. The molecule has 124 valence electrons. The van der Waals surface area contributed by atoms with Crippen LogP contribution in [0.2, 0.25) is 0 Å². The topological polar surface area (TPSA) is 73.2 Å². The van der Waals surface area contributed by atoms with Gasteiger partial charge >= 0.3 is 0 Å². The fourth-order valence-electron chi connectivity index (χ4n) is 2.61. The normalized spacial score (nSPS) is 19.8. The van der Waals surface area contributed by atoms with Gasteiger partial charge in [0, 0.05) is 32.0 Å². The molecule has 0 saturated carbocycles. The molecule has 1 aliphatic rings. The molecule has 2 heterocycles. The maximum Gasteiger partial charge on any atom is 0.151 e. The van der Waals surface area contributed by atoms with E-state index < -0.39 is 9.84 Å². The Bertz CT molecular complexity index is 753. The highest BCUT2D eigenvalue weighted by molar-refractivity contribution is 7.91. The van der Waals surface area contributed by atoms with E-state index in [1.54, 1.807) is 6.20 Å². The second-order valence-electron chi connectivity index (χ2n) is 5.87. The van der Waals surface area contributed by atoms with Crippen LogP contribution in [0.4, 0.5) is 0 Å². The van der Waals surface area contributed by atoms with Crippen LogP contribution in [0.15, 0.2) is 36.7 Å². The molecule has 3 rings (SSSR count). The van der Waals surface area contributed by atoms with Crippen molar-refractivity contribution < 1.29 is 13.2 Å². The molecule has 0 spiro atoms. The number of nitrogens with one attached hydrogen (secondary N) is 1. The molecule has 1 aliphatic heterocycles. The number of imidazole rings is 1. The minimum absolute atomic E-state index is 0.0688. The van der Waals surface area contributed by atoms with Crippen LogP contribution in [-0.2, 0) is 30.0 Å². The summed E-state index contributed by atoms with van der Waals surface area (Å²) < 4.78 is 30.5. The maximum absolute atomic E-state index is 11.4. The predicted molar refractivity (Wildman–Crippen MR) is 87.9 cm³/mol. The monoisotopic (exact) mass is 335 g/mol. The van der Waals surface area contributed by atoms with Gasteiger partial charge in [-0.2, -0.15) is 0 Å². The number of benzene rings is 1. The first-order valence-electron chi connectivity index (χ1n) is 7.63. The largest absolute Gasteiger partial charge is 0.486 e. The Morgan fingerprint density at radius 3 is 2.74 bits per heavy atom. The number of sulfone groups is 1. The van der Waals surface area contributed by atoms with Crippen molar-refractivity contribution in [2.45, 2.75) is 25.6 Å². The van der Waals surface area contributed by atoms with Gasteiger partial charge in [-0.1, -0.05) is 12.1 Å². The Morgan fingerprint density at radius 1 is 1.35 bits per heavy atom. The van der Waals surface area contributed by atoms with Crippen molar-refractivity contribution in [3.05, 3.63) is 48.0 Å². The highest BCUT2D eigenvalue weighted by Crippen LogP contribution is 2.15. The number of aromatic nitrogens is 2. The first-order valence-corrected chi connectivity index (χ1v) is 9.46. The number of rotatable bonds is 6. The summed E-state index contributed by atoms with van der Waals surface area (Å²) in [5, 5.41) is 3.30. The van der Waals surface area contributed by atoms with Gasteiger partial charge in [0.05, 0.1) is 11.5 Å². The summed E-state index contributed by atoms with van der Waals surface area (Å²) in [5.41, 5.74) is 1.11. The van der Waals surface area contributed by atoms with Gasteiger partial charge < -0.3 is 14.6 Å². The van der Waals surface area contributed by atoms with Gasteiger partial charge in [0.1, 0.15) is 18.2 Å². The quantitative estimate of drug-likeness (QED) is 0.861. The minimum Gasteiger partial charge on any atom is -0.486 e. The van der Waals surface area contributed by atoms with E-state index in [0.717, 1.165) is 17.1 Å². The van der Waals surface area contributed by atoms with E-state index in [4.69, 9.17) is 4.74 Å². The van der Waals surface area contributed by atoms with Crippen LogP contribution in [0.5, 0.6) is 5.75 Å². The van der Waals surface area contributed by atoms with Crippen molar-refractivity contribution >= 4 is 9.84 Å². The lowest BCUT2D eigenvalue weighted by atomic mass is 10.2. The molecule has 0 aliphatic carbocycles. The van der Waals surface area contributed by atoms with E-state index in [9.17, 15) is 8.42 Å². The van der Waals surface area contributed by atoms with Crippen LogP contribution in [0.1, 0.15) is 17.8 Å². The fourth-order valence-corrected chi connectivity index (χ4v) is 4.31. The highest BCUT2D eigenvalue weighted by atomic mass is 32.2. The molecule has 6 nitrogen and oxygen atoms in total. The molecule has 0 unspecified atom stereocenters. The SMILES string of the molecule is Cn1ccnc1COc1ccc(CN[C@@H]2CCS(=O)(=O)C2)cc1. The number of hydrogen-bond donors (Lipinski definition) is 1. The van der Waals surface area contributed by atoms with Crippen molar-refractivity contribution in [1.82, 2.24) is 14.9 Å². The lowest BCUT2D eigenvalue weighted by molar-refractivity contribution is 0.291.